The molecule has 2 bridgehead atoms. The van der Waals surface area contributed by atoms with Crippen LogP contribution in [0.15, 0.2) is 43.5 Å². The summed E-state index contributed by atoms with van der Waals surface area (Å²) in [6.45, 7) is 12.8. The fraction of sp³-hybridized carbons (Fsp3) is 0.594. The fourth-order valence-corrected chi connectivity index (χ4v) is 8.97. The molecule has 3 aliphatic heterocycles. The number of fused-ring (bicyclic) bond motifs is 1. The Hall–Kier alpha value is -2.58. The Balaban J connectivity index is 1.66. The first kappa shape index (κ1) is 30.4. The predicted molar refractivity (Wildman–Crippen MR) is 160 cm³/mol. The van der Waals surface area contributed by atoms with Gasteiger partial charge in [-0.2, -0.15) is 0 Å². The highest BCUT2D eigenvalue weighted by molar-refractivity contribution is 8.02. The van der Waals surface area contributed by atoms with Gasteiger partial charge in [-0.05, 0) is 82.4 Å². The number of carbonyl (C=O) groups is 3. The van der Waals surface area contributed by atoms with Crippen molar-refractivity contribution in [1.29, 1.82) is 0 Å². The lowest BCUT2D eigenvalue weighted by Gasteiger charge is -2.37. The standard InChI is InChI=1S/C32H44N2O5S/c1-5-7-8-12-20-39-31(38)26-25-15-16-32(40-25)27(26)29(36)34(18-10-9-11-19-35)28(32)30(37)33(17-6-2)24-21-22(3)13-14-23(24)4/h5-6,13-14,21,25-28,35H,1-2,7-12,15-20H2,3-4H3/t25-,26+,27-,28?,32?/m0/s1. The van der Waals surface area contributed by atoms with E-state index in [1.807, 2.05) is 38.1 Å². The van der Waals surface area contributed by atoms with E-state index >= 15 is 0 Å². The van der Waals surface area contributed by atoms with E-state index in [4.69, 9.17) is 4.74 Å². The van der Waals surface area contributed by atoms with Crippen LogP contribution in [0.5, 0.6) is 0 Å². The molecule has 3 aliphatic rings. The number of ether oxygens (including phenoxy) is 1. The number of aryl methyl sites for hydroxylation is 2. The average molecular weight is 569 g/mol. The quantitative estimate of drug-likeness (QED) is 0.183. The largest absolute Gasteiger partial charge is 0.465 e. The molecule has 0 radical (unpaired) electrons. The van der Waals surface area contributed by atoms with Gasteiger partial charge in [0, 0.05) is 30.6 Å². The summed E-state index contributed by atoms with van der Waals surface area (Å²) < 4.78 is 5.06. The van der Waals surface area contributed by atoms with Crippen LogP contribution in [0.1, 0.15) is 62.5 Å². The molecule has 1 aromatic rings. The van der Waals surface area contributed by atoms with Gasteiger partial charge in [0.1, 0.15) is 6.04 Å². The Morgan fingerprint density at radius 3 is 2.70 bits per heavy atom. The zero-order chi connectivity index (χ0) is 28.9. The van der Waals surface area contributed by atoms with E-state index in [1.54, 1.807) is 27.6 Å². The zero-order valence-corrected chi connectivity index (χ0v) is 24.8. The second-order valence-corrected chi connectivity index (χ2v) is 13.0. The van der Waals surface area contributed by atoms with Gasteiger partial charge in [0.05, 0.1) is 23.2 Å². The molecule has 2 amide bonds. The topological polar surface area (TPSA) is 87.2 Å². The summed E-state index contributed by atoms with van der Waals surface area (Å²) in [7, 11) is 0. The number of carbonyl (C=O) groups excluding carboxylic acids is 3. The number of rotatable bonds is 15. The Bertz CT molecular complexity index is 1120. The lowest BCUT2D eigenvalue weighted by Crippen LogP contribution is -2.55. The van der Waals surface area contributed by atoms with Crippen molar-refractivity contribution < 1.29 is 24.2 Å². The second-order valence-electron chi connectivity index (χ2n) is 11.4. The molecule has 3 heterocycles. The molecule has 0 aromatic heterocycles. The summed E-state index contributed by atoms with van der Waals surface area (Å²) >= 11 is 1.67. The molecule has 8 heteroatoms. The van der Waals surface area contributed by atoms with Crippen molar-refractivity contribution in [3.63, 3.8) is 0 Å². The van der Waals surface area contributed by atoms with Crippen molar-refractivity contribution in [2.24, 2.45) is 11.8 Å². The number of hydrogen-bond acceptors (Lipinski definition) is 6. The highest BCUT2D eigenvalue weighted by Gasteiger charge is 2.74. The van der Waals surface area contributed by atoms with Crippen LogP contribution in [0.3, 0.4) is 0 Å². The van der Waals surface area contributed by atoms with Crippen LogP contribution in [0.2, 0.25) is 0 Å². The maximum Gasteiger partial charge on any atom is 0.310 e. The van der Waals surface area contributed by atoms with E-state index < -0.39 is 22.6 Å². The highest BCUT2D eigenvalue weighted by atomic mass is 32.2. The average Bonchev–Trinajstić information content (AvgIpc) is 3.58. The van der Waals surface area contributed by atoms with Gasteiger partial charge < -0.3 is 19.6 Å². The van der Waals surface area contributed by atoms with Crippen LogP contribution in [0.4, 0.5) is 5.69 Å². The number of likely N-dealkylation sites (tertiary alicyclic amines) is 1. The second kappa shape index (κ2) is 13.4. The summed E-state index contributed by atoms with van der Waals surface area (Å²) in [5.74, 6) is -1.62. The summed E-state index contributed by atoms with van der Waals surface area (Å²) in [4.78, 5) is 45.7. The Labute approximate surface area is 243 Å². The number of unbranched alkanes of at least 4 members (excludes halogenated alkanes) is 4. The number of aliphatic hydroxyl groups excluding tert-OH is 1. The van der Waals surface area contributed by atoms with Crippen molar-refractivity contribution >= 4 is 35.2 Å². The van der Waals surface area contributed by atoms with E-state index in [2.05, 4.69) is 13.2 Å². The SMILES string of the molecule is C=CCCCCOC(=O)[C@@H]1[C@@H]2CCC3(S2)C(C(=O)N(CC=C)c2cc(C)ccc2C)N(CCCCCO)C(=O)[C@H]13. The number of amides is 2. The lowest BCUT2D eigenvalue weighted by atomic mass is 9.71. The third-order valence-electron chi connectivity index (χ3n) is 8.64. The van der Waals surface area contributed by atoms with Gasteiger partial charge >= 0.3 is 5.97 Å². The molecule has 2 unspecified atom stereocenters. The number of benzene rings is 1. The summed E-state index contributed by atoms with van der Waals surface area (Å²) in [6, 6.07) is 5.39. The van der Waals surface area contributed by atoms with E-state index in [9.17, 15) is 19.5 Å². The van der Waals surface area contributed by atoms with Gasteiger partial charge in [0.2, 0.25) is 5.91 Å². The molecule has 40 heavy (non-hydrogen) atoms. The number of hydrogen-bond donors (Lipinski definition) is 1. The smallest absolute Gasteiger partial charge is 0.310 e. The van der Waals surface area contributed by atoms with Crippen molar-refractivity contribution in [2.75, 3.05) is 31.2 Å². The van der Waals surface area contributed by atoms with Crippen LogP contribution in [-0.2, 0) is 19.1 Å². The number of nitrogens with zero attached hydrogens (tertiary/aromatic N) is 2. The normalized spacial score (nSPS) is 26.6. The van der Waals surface area contributed by atoms with Gasteiger partial charge in [0.15, 0.2) is 0 Å². The third kappa shape index (κ3) is 5.75. The molecule has 3 fully saturated rings. The van der Waals surface area contributed by atoms with E-state index in [1.165, 1.54) is 0 Å². The van der Waals surface area contributed by atoms with Crippen molar-refractivity contribution in [1.82, 2.24) is 4.90 Å². The maximum absolute atomic E-state index is 14.6. The molecular weight excluding hydrogens is 524 g/mol. The molecule has 4 rings (SSSR count). The molecule has 1 N–H and O–H groups in total. The highest BCUT2D eigenvalue weighted by Crippen LogP contribution is 2.66. The van der Waals surface area contributed by atoms with Gasteiger partial charge in [-0.3, -0.25) is 14.4 Å². The number of aliphatic hydroxyl groups is 1. The Morgan fingerprint density at radius 2 is 1.98 bits per heavy atom. The van der Waals surface area contributed by atoms with Gasteiger partial charge in [-0.25, -0.2) is 0 Å². The fourth-order valence-electron chi connectivity index (χ4n) is 6.77. The monoisotopic (exact) mass is 568 g/mol. The third-order valence-corrected chi connectivity index (χ3v) is 10.6. The molecule has 1 aromatic carbocycles. The molecule has 7 nitrogen and oxygen atoms in total. The molecule has 1 spiro atoms. The van der Waals surface area contributed by atoms with E-state index in [-0.39, 0.29) is 29.6 Å². The van der Waals surface area contributed by atoms with Crippen molar-refractivity contribution in [3.05, 3.63) is 54.6 Å². The molecule has 3 saturated heterocycles. The Morgan fingerprint density at radius 1 is 1.18 bits per heavy atom. The predicted octanol–water partition coefficient (Wildman–Crippen LogP) is 4.98. The molecule has 0 saturated carbocycles. The minimum absolute atomic E-state index is 0.0185. The van der Waals surface area contributed by atoms with Crippen LogP contribution < -0.4 is 4.90 Å². The van der Waals surface area contributed by atoms with Crippen molar-refractivity contribution in [2.45, 2.75) is 81.3 Å². The van der Waals surface area contributed by atoms with Crippen molar-refractivity contribution in [3.8, 4) is 0 Å². The van der Waals surface area contributed by atoms with Crippen LogP contribution >= 0.6 is 11.8 Å². The van der Waals surface area contributed by atoms with E-state index in [0.717, 1.165) is 55.3 Å². The number of anilines is 1. The van der Waals surface area contributed by atoms with Gasteiger partial charge in [-0.15, -0.1) is 24.9 Å². The van der Waals surface area contributed by atoms with Crippen LogP contribution in [0.25, 0.3) is 0 Å². The summed E-state index contributed by atoms with van der Waals surface area (Å²) in [6.07, 6.45) is 9.74. The minimum Gasteiger partial charge on any atom is -0.465 e. The Kier molecular flexibility index (Phi) is 10.2. The van der Waals surface area contributed by atoms with Gasteiger partial charge in [0.25, 0.3) is 5.91 Å². The van der Waals surface area contributed by atoms with Crippen LogP contribution in [0, 0.1) is 25.7 Å². The summed E-state index contributed by atoms with van der Waals surface area (Å²) in [5, 5.41) is 9.26. The first-order chi connectivity index (χ1) is 19.3. The molecular formula is C32H44N2O5S. The molecule has 5 atom stereocenters. The minimum atomic E-state index is -0.667. The number of esters is 1. The number of allylic oxidation sites excluding steroid dienone is 1. The lowest BCUT2D eigenvalue weighted by molar-refractivity contribution is -0.154. The maximum atomic E-state index is 14.6. The first-order valence-corrected chi connectivity index (χ1v) is 15.5. The van der Waals surface area contributed by atoms with E-state index in [0.29, 0.717) is 32.5 Å². The molecule has 218 valence electrons. The zero-order valence-electron chi connectivity index (χ0n) is 24.0. The first-order valence-electron chi connectivity index (χ1n) is 14.7. The van der Waals surface area contributed by atoms with Crippen LogP contribution in [-0.4, -0.2) is 70.1 Å². The van der Waals surface area contributed by atoms with Gasteiger partial charge in [-0.1, -0.05) is 24.3 Å². The number of thioether (sulfide) groups is 1. The summed E-state index contributed by atoms with van der Waals surface area (Å²) in [5.41, 5.74) is 2.86. The molecule has 0 aliphatic carbocycles.